The van der Waals surface area contributed by atoms with Gasteiger partial charge in [0.2, 0.25) is 5.95 Å². The number of anilines is 3. The fraction of sp³-hybridized carbons (Fsp3) is 0.525. The maximum atomic E-state index is 13.9. The highest BCUT2D eigenvalue weighted by molar-refractivity contribution is 6.04. The summed E-state index contributed by atoms with van der Waals surface area (Å²) in [5.74, 6) is 1.67. The molecular formula is C40H52F6N8O. The number of alkyl halides is 6. The molecule has 15 heteroatoms. The summed E-state index contributed by atoms with van der Waals surface area (Å²) in [5.41, 5.74) is -2.06. The molecule has 9 nitrogen and oxygen atoms in total. The van der Waals surface area contributed by atoms with Gasteiger partial charge in [0.05, 0.1) is 16.7 Å². The van der Waals surface area contributed by atoms with Crippen molar-refractivity contribution in [1.29, 1.82) is 5.41 Å². The number of aromatic nitrogens is 3. The Bertz CT molecular complexity index is 1780. The van der Waals surface area contributed by atoms with Crippen LogP contribution in [0.5, 0.6) is 0 Å². The standard InChI is InChI=1S/C38H46F6N8O.C2H6/c1-23(45)31-15-27(34(48-33(31)49-36(2,3)4)51(19-24-7-8-24)20-25-9-10-25)22-52(35-46-17-28(18-47-35)32(53)11-12-50(5)6)21-26-13-29(37(39,40)41)16-30(14-26)38(42,43)44;1-2/h11-18,24-25,45H,7-10,19-22H2,1-6H3,(H,48,49);1-2H3/b12-11+,45-23?;. The van der Waals surface area contributed by atoms with Crippen molar-refractivity contribution < 1.29 is 31.1 Å². The first kappa shape index (κ1) is 43.0. The zero-order valence-corrected chi connectivity index (χ0v) is 32.8. The van der Waals surface area contributed by atoms with Gasteiger partial charge in [-0.1, -0.05) is 13.8 Å². The molecule has 0 amide bonds. The van der Waals surface area contributed by atoms with Crippen LogP contribution in [0.25, 0.3) is 0 Å². The summed E-state index contributed by atoms with van der Waals surface area (Å²) in [6, 6.07) is 3.31. The molecule has 55 heavy (non-hydrogen) atoms. The first-order valence-corrected chi connectivity index (χ1v) is 18.5. The van der Waals surface area contributed by atoms with Crippen molar-refractivity contribution in [3.8, 4) is 0 Å². The Labute approximate surface area is 319 Å². The predicted molar refractivity (Wildman–Crippen MR) is 205 cm³/mol. The van der Waals surface area contributed by atoms with E-state index in [0.717, 1.165) is 38.8 Å². The number of pyridine rings is 1. The lowest BCUT2D eigenvalue weighted by atomic mass is 10.0. The van der Waals surface area contributed by atoms with Crippen molar-refractivity contribution in [2.75, 3.05) is 42.3 Å². The van der Waals surface area contributed by atoms with Gasteiger partial charge < -0.3 is 25.4 Å². The average Bonchev–Trinajstić information content (AvgIpc) is 4.04. The molecule has 0 spiro atoms. The minimum atomic E-state index is -5.03. The topological polar surface area (TPSA) is 101 Å². The summed E-state index contributed by atoms with van der Waals surface area (Å²) in [4.78, 5) is 32.0. The van der Waals surface area contributed by atoms with Gasteiger partial charge in [0, 0.05) is 87.3 Å². The number of hydrogen-bond donors (Lipinski definition) is 2. The lowest BCUT2D eigenvalue weighted by Crippen LogP contribution is -2.34. The normalized spacial score (nSPS) is 14.7. The van der Waals surface area contributed by atoms with Crippen LogP contribution < -0.4 is 15.1 Å². The molecule has 2 fully saturated rings. The molecule has 0 saturated heterocycles. The fourth-order valence-electron chi connectivity index (χ4n) is 5.80. The van der Waals surface area contributed by atoms with Gasteiger partial charge in [-0.15, -0.1) is 0 Å². The number of benzene rings is 1. The maximum Gasteiger partial charge on any atom is 0.416 e. The minimum absolute atomic E-state index is 0.0176. The molecule has 0 bridgehead atoms. The molecule has 2 aliphatic carbocycles. The van der Waals surface area contributed by atoms with Gasteiger partial charge in [-0.25, -0.2) is 15.0 Å². The van der Waals surface area contributed by atoms with Crippen LogP contribution in [-0.2, 0) is 25.4 Å². The second kappa shape index (κ2) is 17.4. The van der Waals surface area contributed by atoms with E-state index in [-0.39, 0.29) is 41.2 Å². The number of allylic oxidation sites excluding steroid dienone is 1. The van der Waals surface area contributed by atoms with Crippen molar-refractivity contribution >= 4 is 29.1 Å². The van der Waals surface area contributed by atoms with Crippen LogP contribution in [0, 0.1) is 17.2 Å². The second-order valence-electron chi connectivity index (χ2n) is 15.3. The number of ketones is 1. The number of carbonyl (C=O) groups is 1. The molecule has 0 atom stereocenters. The molecular weight excluding hydrogens is 722 g/mol. The monoisotopic (exact) mass is 774 g/mol. The van der Waals surface area contributed by atoms with Gasteiger partial charge in [-0.05, 0) is 95.0 Å². The lowest BCUT2D eigenvalue weighted by molar-refractivity contribution is -0.143. The van der Waals surface area contributed by atoms with Gasteiger partial charge in [0.15, 0.2) is 5.78 Å². The van der Waals surface area contributed by atoms with E-state index >= 15 is 0 Å². The molecule has 0 radical (unpaired) electrons. The zero-order valence-electron chi connectivity index (χ0n) is 32.8. The Kier molecular flexibility index (Phi) is 13.6. The smallest absolute Gasteiger partial charge is 0.383 e. The zero-order chi connectivity index (χ0) is 40.9. The van der Waals surface area contributed by atoms with Gasteiger partial charge in [0.25, 0.3) is 0 Å². The number of halogens is 6. The summed E-state index contributed by atoms with van der Waals surface area (Å²) in [6.07, 6.45) is -0.318. The van der Waals surface area contributed by atoms with Crippen LogP contribution in [0.1, 0.15) is 105 Å². The third-order valence-corrected chi connectivity index (χ3v) is 8.74. The third-order valence-electron chi connectivity index (χ3n) is 8.74. The van der Waals surface area contributed by atoms with E-state index in [1.54, 1.807) is 32.1 Å². The van der Waals surface area contributed by atoms with Gasteiger partial charge in [-0.3, -0.25) is 4.79 Å². The fourth-order valence-corrected chi connectivity index (χ4v) is 5.80. The van der Waals surface area contributed by atoms with Crippen molar-refractivity contribution in [3.05, 3.63) is 82.3 Å². The van der Waals surface area contributed by atoms with Gasteiger partial charge in [-0.2, -0.15) is 26.3 Å². The summed E-state index contributed by atoms with van der Waals surface area (Å²) in [5, 5.41) is 12.1. The van der Waals surface area contributed by atoms with E-state index in [1.165, 1.54) is 23.4 Å². The molecule has 2 N–H and O–H groups in total. The number of nitrogens with one attached hydrogen (secondary N) is 2. The first-order valence-electron chi connectivity index (χ1n) is 18.5. The Balaban J connectivity index is 0.00000331. The van der Waals surface area contributed by atoms with Gasteiger partial charge >= 0.3 is 12.4 Å². The molecule has 2 aromatic heterocycles. The molecule has 5 rings (SSSR count). The first-order chi connectivity index (χ1) is 25.7. The Morgan fingerprint density at radius 2 is 1.38 bits per heavy atom. The number of hydrogen-bond acceptors (Lipinski definition) is 9. The van der Waals surface area contributed by atoms with Crippen molar-refractivity contribution in [3.63, 3.8) is 0 Å². The number of carbonyl (C=O) groups excluding carboxylic acids is 1. The highest BCUT2D eigenvalue weighted by atomic mass is 19.4. The van der Waals surface area contributed by atoms with Crippen molar-refractivity contribution in [1.82, 2.24) is 19.9 Å². The molecule has 300 valence electrons. The molecule has 3 aromatic rings. The van der Waals surface area contributed by atoms with Gasteiger partial charge in [0.1, 0.15) is 11.6 Å². The predicted octanol–water partition coefficient (Wildman–Crippen LogP) is 9.62. The van der Waals surface area contributed by atoms with Crippen LogP contribution in [-0.4, -0.2) is 64.1 Å². The summed E-state index contributed by atoms with van der Waals surface area (Å²) in [6.45, 7) is 12.5. The average molecular weight is 775 g/mol. The van der Waals surface area contributed by atoms with Crippen LogP contribution in [0.4, 0.5) is 43.9 Å². The number of rotatable bonds is 15. The van der Waals surface area contributed by atoms with E-state index in [1.807, 2.05) is 40.7 Å². The summed E-state index contributed by atoms with van der Waals surface area (Å²) in [7, 11) is 3.49. The SMILES string of the molecule is CC.CC(=N)c1cc(CN(Cc2cc(C(F)(F)F)cc(C(F)(F)F)c2)c2ncc(C(=O)/C=C/N(C)C)cn2)c(N(CC2CC2)CC2CC2)nc1NC(C)(C)C. The van der Waals surface area contributed by atoms with Crippen LogP contribution in [0.15, 0.2) is 48.9 Å². The molecule has 1 aromatic carbocycles. The highest BCUT2D eigenvalue weighted by Crippen LogP contribution is 2.39. The maximum absolute atomic E-state index is 13.9. The molecule has 2 heterocycles. The van der Waals surface area contributed by atoms with E-state index in [4.69, 9.17) is 10.4 Å². The molecule has 2 aliphatic rings. The summed E-state index contributed by atoms with van der Waals surface area (Å²) < 4.78 is 83.6. The highest BCUT2D eigenvalue weighted by Gasteiger charge is 2.37. The van der Waals surface area contributed by atoms with Crippen LogP contribution in [0.2, 0.25) is 0 Å². The van der Waals surface area contributed by atoms with Crippen molar-refractivity contribution in [2.24, 2.45) is 11.8 Å². The molecule has 0 aliphatic heterocycles. The Morgan fingerprint density at radius 1 is 0.855 bits per heavy atom. The molecule has 2 saturated carbocycles. The number of nitrogens with zero attached hydrogens (tertiary/aromatic N) is 6. The second-order valence-corrected chi connectivity index (χ2v) is 15.3. The largest absolute Gasteiger partial charge is 0.416 e. The lowest BCUT2D eigenvalue weighted by Gasteiger charge is -2.31. The van der Waals surface area contributed by atoms with Crippen LogP contribution >= 0.6 is 0 Å². The van der Waals surface area contributed by atoms with E-state index in [2.05, 4.69) is 20.2 Å². The quantitative estimate of drug-likeness (QED) is 0.0682. The van der Waals surface area contributed by atoms with Crippen molar-refractivity contribution in [2.45, 2.75) is 98.2 Å². The Morgan fingerprint density at radius 3 is 1.82 bits per heavy atom. The third kappa shape index (κ3) is 12.7. The van der Waals surface area contributed by atoms with E-state index in [0.29, 0.717) is 46.7 Å². The van der Waals surface area contributed by atoms with Crippen LogP contribution in [0.3, 0.4) is 0 Å². The van der Waals surface area contributed by atoms with E-state index in [9.17, 15) is 31.1 Å². The Hall–Kier alpha value is -4.69. The summed E-state index contributed by atoms with van der Waals surface area (Å²) >= 11 is 0. The molecule has 0 unspecified atom stereocenters. The van der Waals surface area contributed by atoms with E-state index < -0.39 is 35.6 Å². The minimum Gasteiger partial charge on any atom is -0.383 e.